The maximum Gasteiger partial charge on any atom is 0.250 e. The fourth-order valence-electron chi connectivity index (χ4n) is 2.43. The molecule has 5 nitrogen and oxygen atoms in total. The lowest BCUT2D eigenvalue weighted by Crippen LogP contribution is -2.19. The van der Waals surface area contributed by atoms with Crippen molar-refractivity contribution in [3.05, 3.63) is 58.7 Å². The highest BCUT2D eigenvalue weighted by Gasteiger charge is 2.13. The molecule has 0 radical (unpaired) electrons. The summed E-state index contributed by atoms with van der Waals surface area (Å²) in [6.45, 7) is 3.87. The lowest BCUT2D eigenvalue weighted by Gasteiger charge is -2.12. The number of methoxy groups -OCH3 is 1. The van der Waals surface area contributed by atoms with Gasteiger partial charge in [0.1, 0.15) is 5.75 Å². The fraction of sp³-hybridized carbons (Fsp3) is 0.222. The van der Waals surface area contributed by atoms with Crippen molar-refractivity contribution in [3.63, 3.8) is 0 Å². The van der Waals surface area contributed by atoms with E-state index in [0.29, 0.717) is 11.3 Å². The Hall–Kier alpha value is -2.82. The van der Waals surface area contributed by atoms with Gasteiger partial charge in [-0.25, -0.2) is 0 Å². The van der Waals surface area contributed by atoms with Gasteiger partial charge >= 0.3 is 0 Å². The van der Waals surface area contributed by atoms with E-state index in [-0.39, 0.29) is 12.3 Å². The van der Waals surface area contributed by atoms with Crippen LogP contribution in [0.3, 0.4) is 0 Å². The van der Waals surface area contributed by atoms with E-state index in [1.807, 2.05) is 26.0 Å². The van der Waals surface area contributed by atoms with E-state index >= 15 is 0 Å². The Morgan fingerprint density at radius 1 is 1.13 bits per heavy atom. The zero-order chi connectivity index (χ0) is 17.0. The van der Waals surface area contributed by atoms with Crippen LogP contribution in [0.5, 0.6) is 5.75 Å². The highest BCUT2D eigenvalue weighted by molar-refractivity contribution is 6.03. The quantitative estimate of drug-likeness (QED) is 0.890. The van der Waals surface area contributed by atoms with Gasteiger partial charge in [0.25, 0.3) is 5.91 Å². The van der Waals surface area contributed by atoms with Crippen LogP contribution in [0.25, 0.3) is 0 Å². The van der Waals surface area contributed by atoms with Gasteiger partial charge in [-0.15, -0.1) is 0 Å². The largest absolute Gasteiger partial charge is 0.496 e. The highest BCUT2D eigenvalue weighted by Crippen LogP contribution is 2.23. The maximum absolute atomic E-state index is 12.3. The summed E-state index contributed by atoms with van der Waals surface area (Å²) < 4.78 is 5.27. The molecule has 2 aromatic rings. The summed E-state index contributed by atoms with van der Waals surface area (Å²) in [6, 6.07) is 10.5. The predicted octanol–water partition coefficient (Wildman–Crippen LogP) is 2.59. The average molecular weight is 312 g/mol. The van der Waals surface area contributed by atoms with E-state index in [1.165, 1.54) is 0 Å². The van der Waals surface area contributed by atoms with Crippen LogP contribution in [0.1, 0.15) is 27.0 Å². The number of rotatable bonds is 5. The number of anilines is 1. The molecule has 0 bridgehead atoms. The molecule has 0 aliphatic heterocycles. The van der Waals surface area contributed by atoms with Crippen LogP contribution in [0.15, 0.2) is 36.4 Å². The van der Waals surface area contributed by atoms with Gasteiger partial charge in [-0.3, -0.25) is 9.59 Å². The number of nitrogens with two attached hydrogens (primary N) is 1. The van der Waals surface area contributed by atoms with Crippen molar-refractivity contribution in [2.75, 3.05) is 12.4 Å². The first kappa shape index (κ1) is 16.5. The Kier molecular flexibility index (Phi) is 5.01. The molecule has 5 heteroatoms. The first-order chi connectivity index (χ1) is 10.9. The van der Waals surface area contributed by atoms with Crippen LogP contribution in [0.4, 0.5) is 5.69 Å². The van der Waals surface area contributed by atoms with E-state index in [4.69, 9.17) is 10.5 Å². The Balaban J connectivity index is 2.18. The van der Waals surface area contributed by atoms with Gasteiger partial charge in [-0.05, 0) is 48.7 Å². The van der Waals surface area contributed by atoms with Crippen molar-refractivity contribution in [2.45, 2.75) is 20.3 Å². The van der Waals surface area contributed by atoms with Crippen molar-refractivity contribution >= 4 is 17.5 Å². The summed E-state index contributed by atoms with van der Waals surface area (Å²) in [4.78, 5) is 23.7. The van der Waals surface area contributed by atoms with Gasteiger partial charge in [0.15, 0.2) is 0 Å². The molecule has 0 spiro atoms. The molecule has 0 aromatic heterocycles. The lowest BCUT2D eigenvalue weighted by molar-refractivity contribution is -0.115. The van der Waals surface area contributed by atoms with E-state index in [0.717, 1.165) is 22.4 Å². The molecular weight excluding hydrogens is 292 g/mol. The Morgan fingerprint density at radius 2 is 1.83 bits per heavy atom. The summed E-state index contributed by atoms with van der Waals surface area (Å²) in [5.74, 6) is 0.0227. The van der Waals surface area contributed by atoms with Gasteiger partial charge in [0.05, 0.1) is 24.8 Å². The number of aryl methyl sites for hydroxylation is 2. The molecule has 2 amide bonds. The molecule has 0 heterocycles. The molecule has 3 N–H and O–H groups in total. The Morgan fingerprint density at radius 3 is 2.48 bits per heavy atom. The van der Waals surface area contributed by atoms with E-state index in [9.17, 15) is 9.59 Å². The number of para-hydroxylation sites is 1. The van der Waals surface area contributed by atoms with Crippen LogP contribution in [0, 0.1) is 13.8 Å². The van der Waals surface area contributed by atoms with Crippen molar-refractivity contribution in [3.8, 4) is 5.75 Å². The fourth-order valence-corrected chi connectivity index (χ4v) is 2.43. The molecule has 0 atom stereocenters. The number of primary amides is 1. The third-order valence-corrected chi connectivity index (χ3v) is 3.67. The topological polar surface area (TPSA) is 81.4 Å². The molecule has 120 valence electrons. The normalized spacial score (nSPS) is 10.2. The third kappa shape index (κ3) is 3.88. The van der Waals surface area contributed by atoms with Crippen molar-refractivity contribution < 1.29 is 14.3 Å². The Bertz CT molecular complexity index is 754. The van der Waals surface area contributed by atoms with Gasteiger partial charge in [-0.2, -0.15) is 0 Å². The second-order valence-electron chi connectivity index (χ2n) is 5.38. The zero-order valence-electron chi connectivity index (χ0n) is 13.5. The molecular formula is C18H20N2O3. The van der Waals surface area contributed by atoms with Crippen molar-refractivity contribution in [2.24, 2.45) is 5.73 Å². The molecule has 2 rings (SSSR count). The van der Waals surface area contributed by atoms with E-state index in [1.54, 1.807) is 31.4 Å². The molecule has 0 saturated carbocycles. The molecule has 0 aliphatic carbocycles. The highest BCUT2D eigenvalue weighted by atomic mass is 16.5. The number of benzene rings is 2. The third-order valence-electron chi connectivity index (χ3n) is 3.67. The van der Waals surface area contributed by atoms with E-state index < -0.39 is 5.91 Å². The average Bonchev–Trinajstić information content (AvgIpc) is 2.50. The second kappa shape index (κ2) is 6.96. The first-order valence-corrected chi connectivity index (χ1v) is 7.25. The number of amides is 2. The summed E-state index contributed by atoms with van der Waals surface area (Å²) in [6.07, 6.45) is 0.212. The summed E-state index contributed by atoms with van der Waals surface area (Å²) in [5, 5.41) is 2.74. The smallest absolute Gasteiger partial charge is 0.250 e. The number of nitrogens with one attached hydrogen (secondary N) is 1. The van der Waals surface area contributed by atoms with Crippen LogP contribution in [-0.2, 0) is 11.2 Å². The van der Waals surface area contributed by atoms with Crippen LogP contribution in [0.2, 0.25) is 0 Å². The summed E-state index contributed by atoms with van der Waals surface area (Å²) in [5.41, 5.74) is 8.90. The molecule has 0 fully saturated rings. The molecule has 0 saturated heterocycles. The van der Waals surface area contributed by atoms with Crippen LogP contribution in [-0.4, -0.2) is 18.9 Å². The van der Waals surface area contributed by atoms with Crippen molar-refractivity contribution in [1.29, 1.82) is 0 Å². The van der Waals surface area contributed by atoms with E-state index in [2.05, 4.69) is 5.32 Å². The second-order valence-corrected chi connectivity index (χ2v) is 5.38. The lowest BCUT2D eigenvalue weighted by atomic mass is 10.0. The molecule has 2 aromatic carbocycles. The predicted molar refractivity (Wildman–Crippen MR) is 89.8 cm³/mol. The standard InChI is InChI=1S/C18H20N2O3/c1-11-9-16(23-3)12(2)8-13(11)10-17(21)20-15-7-5-4-6-14(15)18(19)22/h4-9H,10H2,1-3H3,(H2,19,22)(H,20,21). The van der Waals surface area contributed by atoms with Gasteiger partial charge < -0.3 is 15.8 Å². The minimum atomic E-state index is -0.572. The Labute approximate surface area is 135 Å². The SMILES string of the molecule is COc1cc(C)c(CC(=O)Nc2ccccc2C(N)=O)cc1C. The number of hydrogen-bond donors (Lipinski definition) is 2. The van der Waals surface area contributed by atoms with Gasteiger partial charge in [-0.1, -0.05) is 18.2 Å². The molecule has 0 aliphatic rings. The number of hydrogen-bond acceptors (Lipinski definition) is 3. The van der Waals surface area contributed by atoms with Crippen LogP contribution >= 0.6 is 0 Å². The number of ether oxygens (including phenoxy) is 1. The minimum absolute atomic E-state index is 0.202. The number of carbonyl (C=O) groups excluding carboxylic acids is 2. The van der Waals surface area contributed by atoms with Gasteiger partial charge in [0.2, 0.25) is 5.91 Å². The molecule has 0 unspecified atom stereocenters. The summed E-state index contributed by atoms with van der Waals surface area (Å²) >= 11 is 0. The molecule has 23 heavy (non-hydrogen) atoms. The van der Waals surface area contributed by atoms with Crippen LogP contribution < -0.4 is 15.8 Å². The minimum Gasteiger partial charge on any atom is -0.496 e. The van der Waals surface area contributed by atoms with Crippen molar-refractivity contribution in [1.82, 2.24) is 0 Å². The number of carbonyl (C=O) groups is 2. The monoisotopic (exact) mass is 312 g/mol. The summed E-state index contributed by atoms with van der Waals surface area (Å²) in [7, 11) is 1.62. The zero-order valence-corrected chi connectivity index (χ0v) is 13.5. The first-order valence-electron chi connectivity index (χ1n) is 7.25. The maximum atomic E-state index is 12.3. The van der Waals surface area contributed by atoms with Gasteiger partial charge in [0, 0.05) is 0 Å².